The van der Waals surface area contributed by atoms with Gasteiger partial charge < -0.3 is 10.0 Å². The van der Waals surface area contributed by atoms with Crippen LogP contribution in [0.5, 0.6) is 0 Å². The first-order valence-electron chi connectivity index (χ1n) is 7.07. The molecule has 1 fully saturated rings. The van der Waals surface area contributed by atoms with Crippen molar-refractivity contribution in [3.63, 3.8) is 0 Å². The van der Waals surface area contributed by atoms with Gasteiger partial charge in [-0.15, -0.1) is 0 Å². The summed E-state index contributed by atoms with van der Waals surface area (Å²) in [5.74, 6) is -0.811. The van der Waals surface area contributed by atoms with Crippen LogP contribution in [-0.2, 0) is 16.0 Å². The van der Waals surface area contributed by atoms with Crippen LogP contribution in [0.25, 0.3) is 0 Å². The van der Waals surface area contributed by atoms with Gasteiger partial charge in [0.2, 0.25) is 5.91 Å². The molecule has 110 valence electrons. The SMILES string of the molecule is CCCC1(C(=O)O)CCCN(C(=O)Cc2ccn[nH]2)C1. The Morgan fingerprint density at radius 1 is 1.55 bits per heavy atom. The fourth-order valence-electron chi connectivity index (χ4n) is 2.97. The Labute approximate surface area is 118 Å². The van der Waals surface area contributed by atoms with Crippen molar-refractivity contribution in [1.29, 1.82) is 0 Å². The van der Waals surface area contributed by atoms with Gasteiger partial charge in [-0.1, -0.05) is 13.3 Å². The molecule has 1 atom stereocenters. The minimum atomic E-state index is -0.779. The van der Waals surface area contributed by atoms with E-state index < -0.39 is 11.4 Å². The molecule has 1 aliphatic heterocycles. The Kier molecular flexibility index (Phi) is 4.42. The van der Waals surface area contributed by atoms with Crippen LogP contribution in [0.3, 0.4) is 0 Å². The summed E-state index contributed by atoms with van der Waals surface area (Å²) in [6, 6.07) is 1.76. The van der Waals surface area contributed by atoms with Crippen LogP contribution in [0.4, 0.5) is 0 Å². The number of nitrogens with one attached hydrogen (secondary N) is 1. The number of nitrogens with zero attached hydrogens (tertiary/aromatic N) is 2. The Bertz CT molecular complexity index is 468. The number of aliphatic carboxylic acids is 1. The molecule has 0 aromatic carbocycles. The molecule has 0 saturated carbocycles. The molecule has 1 aromatic rings. The van der Waals surface area contributed by atoms with Crippen LogP contribution in [0, 0.1) is 5.41 Å². The molecule has 1 amide bonds. The highest BCUT2D eigenvalue weighted by atomic mass is 16.4. The number of aromatic nitrogens is 2. The lowest BCUT2D eigenvalue weighted by Crippen LogP contribution is -2.50. The Hall–Kier alpha value is -1.85. The van der Waals surface area contributed by atoms with Crippen molar-refractivity contribution in [3.8, 4) is 0 Å². The third kappa shape index (κ3) is 3.00. The molecule has 0 aliphatic carbocycles. The number of rotatable bonds is 5. The summed E-state index contributed by atoms with van der Waals surface area (Å²) >= 11 is 0. The van der Waals surface area contributed by atoms with Gasteiger partial charge in [0.25, 0.3) is 0 Å². The molecule has 1 unspecified atom stereocenters. The maximum absolute atomic E-state index is 12.3. The smallest absolute Gasteiger partial charge is 0.311 e. The van der Waals surface area contributed by atoms with Gasteiger partial charge in [0.05, 0.1) is 11.8 Å². The monoisotopic (exact) mass is 279 g/mol. The number of aromatic amines is 1. The summed E-state index contributed by atoms with van der Waals surface area (Å²) < 4.78 is 0. The van der Waals surface area contributed by atoms with Crippen molar-refractivity contribution in [2.75, 3.05) is 13.1 Å². The topological polar surface area (TPSA) is 86.3 Å². The molecular formula is C14H21N3O3. The maximum atomic E-state index is 12.3. The largest absolute Gasteiger partial charge is 0.481 e. The van der Waals surface area contributed by atoms with Crippen molar-refractivity contribution in [2.45, 2.75) is 39.0 Å². The van der Waals surface area contributed by atoms with E-state index in [2.05, 4.69) is 10.2 Å². The van der Waals surface area contributed by atoms with E-state index in [0.29, 0.717) is 25.9 Å². The lowest BCUT2D eigenvalue weighted by atomic mass is 9.76. The Morgan fingerprint density at radius 2 is 2.35 bits per heavy atom. The van der Waals surface area contributed by atoms with Crippen molar-refractivity contribution in [3.05, 3.63) is 18.0 Å². The minimum absolute atomic E-state index is 0.0318. The number of carboxylic acid groups (broad SMARTS) is 1. The number of hydrogen-bond donors (Lipinski definition) is 2. The summed E-state index contributed by atoms with van der Waals surface area (Å²) in [5.41, 5.74) is -0.00611. The quantitative estimate of drug-likeness (QED) is 0.854. The predicted octanol–water partition coefficient (Wildman–Crippen LogP) is 1.45. The highest BCUT2D eigenvalue weighted by Gasteiger charge is 2.42. The molecule has 1 saturated heterocycles. The van der Waals surface area contributed by atoms with Crippen LogP contribution in [0.2, 0.25) is 0 Å². The first-order chi connectivity index (χ1) is 9.57. The summed E-state index contributed by atoms with van der Waals surface area (Å²) in [6.45, 7) is 2.95. The van der Waals surface area contributed by atoms with Crippen LogP contribution in [0.1, 0.15) is 38.3 Å². The number of piperidine rings is 1. The molecule has 2 N–H and O–H groups in total. The molecule has 2 heterocycles. The number of carbonyl (C=O) groups is 2. The third-order valence-corrected chi connectivity index (χ3v) is 4.01. The fraction of sp³-hybridized carbons (Fsp3) is 0.643. The number of carbonyl (C=O) groups excluding carboxylic acids is 1. The molecule has 20 heavy (non-hydrogen) atoms. The lowest BCUT2D eigenvalue weighted by Gasteiger charge is -2.40. The second kappa shape index (κ2) is 6.07. The van der Waals surface area contributed by atoms with E-state index in [1.165, 1.54) is 0 Å². The molecular weight excluding hydrogens is 258 g/mol. The number of carboxylic acids is 1. The number of hydrogen-bond acceptors (Lipinski definition) is 3. The molecule has 2 rings (SSSR count). The van der Waals surface area contributed by atoms with Gasteiger partial charge in [-0.3, -0.25) is 14.7 Å². The second-order valence-electron chi connectivity index (χ2n) is 5.51. The maximum Gasteiger partial charge on any atom is 0.311 e. The van der Waals surface area contributed by atoms with Gasteiger partial charge in [0, 0.05) is 25.0 Å². The van der Waals surface area contributed by atoms with E-state index in [0.717, 1.165) is 18.5 Å². The fourth-order valence-corrected chi connectivity index (χ4v) is 2.97. The van der Waals surface area contributed by atoms with Gasteiger partial charge in [0.15, 0.2) is 0 Å². The highest BCUT2D eigenvalue weighted by molar-refractivity contribution is 5.81. The average molecular weight is 279 g/mol. The predicted molar refractivity (Wildman–Crippen MR) is 73.1 cm³/mol. The summed E-state index contributed by atoms with van der Waals surface area (Å²) in [6.07, 6.45) is 4.70. The van der Waals surface area contributed by atoms with Crippen LogP contribution in [0.15, 0.2) is 12.3 Å². The van der Waals surface area contributed by atoms with Crippen molar-refractivity contribution in [2.24, 2.45) is 5.41 Å². The van der Waals surface area contributed by atoms with E-state index in [9.17, 15) is 14.7 Å². The van der Waals surface area contributed by atoms with Gasteiger partial charge in [0.1, 0.15) is 0 Å². The highest BCUT2D eigenvalue weighted by Crippen LogP contribution is 2.35. The standard InChI is InChI=1S/C14H21N3O3/c1-2-5-14(13(19)20)6-3-8-17(10-14)12(18)9-11-4-7-15-16-11/h4,7H,2-3,5-6,8-10H2,1H3,(H,15,16)(H,19,20). The second-order valence-corrected chi connectivity index (χ2v) is 5.51. The Morgan fingerprint density at radius 3 is 2.95 bits per heavy atom. The first kappa shape index (κ1) is 14.6. The summed E-state index contributed by atoms with van der Waals surface area (Å²) in [5, 5.41) is 16.1. The van der Waals surface area contributed by atoms with Crippen LogP contribution >= 0.6 is 0 Å². The molecule has 1 aliphatic rings. The summed E-state index contributed by atoms with van der Waals surface area (Å²) in [4.78, 5) is 25.6. The van der Waals surface area contributed by atoms with Crippen molar-refractivity contribution in [1.82, 2.24) is 15.1 Å². The Balaban J connectivity index is 2.05. The molecule has 6 nitrogen and oxygen atoms in total. The molecule has 6 heteroatoms. The van der Waals surface area contributed by atoms with Crippen LogP contribution < -0.4 is 0 Å². The zero-order valence-corrected chi connectivity index (χ0v) is 11.8. The van der Waals surface area contributed by atoms with E-state index in [1.54, 1.807) is 17.2 Å². The van der Waals surface area contributed by atoms with Crippen molar-refractivity contribution < 1.29 is 14.7 Å². The molecule has 1 aromatic heterocycles. The minimum Gasteiger partial charge on any atom is -0.481 e. The molecule has 0 spiro atoms. The lowest BCUT2D eigenvalue weighted by molar-refractivity contribution is -0.155. The summed E-state index contributed by atoms with van der Waals surface area (Å²) in [7, 11) is 0. The first-order valence-corrected chi connectivity index (χ1v) is 7.07. The number of likely N-dealkylation sites (tertiary alicyclic amines) is 1. The van der Waals surface area contributed by atoms with E-state index >= 15 is 0 Å². The average Bonchev–Trinajstić information content (AvgIpc) is 2.92. The zero-order valence-electron chi connectivity index (χ0n) is 11.8. The van der Waals surface area contributed by atoms with Gasteiger partial charge >= 0.3 is 5.97 Å². The molecule has 0 radical (unpaired) electrons. The molecule has 0 bridgehead atoms. The van der Waals surface area contributed by atoms with E-state index in [1.807, 2.05) is 6.92 Å². The van der Waals surface area contributed by atoms with Gasteiger partial charge in [-0.05, 0) is 25.3 Å². The third-order valence-electron chi connectivity index (χ3n) is 4.01. The normalized spacial score (nSPS) is 22.8. The van der Waals surface area contributed by atoms with E-state index in [-0.39, 0.29) is 12.3 Å². The van der Waals surface area contributed by atoms with Crippen LogP contribution in [-0.4, -0.2) is 45.2 Å². The van der Waals surface area contributed by atoms with Gasteiger partial charge in [-0.2, -0.15) is 5.10 Å². The zero-order chi connectivity index (χ0) is 14.6. The van der Waals surface area contributed by atoms with Crippen molar-refractivity contribution >= 4 is 11.9 Å². The number of amides is 1. The van der Waals surface area contributed by atoms with Gasteiger partial charge in [-0.25, -0.2) is 0 Å². The van der Waals surface area contributed by atoms with E-state index in [4.69, 9.17) is 0 Å². The number of H-pyrrole nitrogens is 1.